The molecule has 0 aliphatic rings. The topological polar surface area (TPSA) is 82.5 Å². The summed E-state index contributed by atoms with van der Waals surface area (Å²) in [7, 11) is 3.20. The fourth-order valence-electron chi connectivity index (χ4n) is 3.68. The Morgan fingerprint density at radius 3 is 2.60 bits per heavy atom. The van der Waals surface area contributed by atoms with Gasteiger partial charge in [0, 0.05) is 13.1 Å². The summed E-state index contributed by atoms with van der Waals surface area (Å²) >= 11 is 2.66. The molecule has 2 aromatic heterocycles. The van der Waals surface area contributed by atoms with Gasteiger partial charge in [-0.3, -0.25) is 14.2 Å². The van der Waals surface area contributed by atoms with Crippen LogP contribution in [0.15, 0.2) is 69.9 Å². The minimum Gasteiger partial charge on any atom is -0.493 e. The zero-order valence-corrected chi connectivity index (χ0v) is 21.3. The van der Waals surface area contributed by atoms with Crippen molar-refractivity contribution in [3.63, 3.8) is 0 Å². The molecule has 0 atom stereocenters. The average Bonchev–Trinajstić information content (AvgIpc) is 3.36. The van der Waals surface area contributed by atoms with Gasteiger partial charge >= 0.3 is 0 Å². The summed E-state index contributed by atoms with van der Waals surface area (Å²) in [6.45, 7) is 1.000. The van der Waals surface area contributed by atoms with Gasteiger partial charge in [-0.1, -0.05) is 48.2 Å². The fraction of sp³-hybridized carbons (Fsp3) is 0.269. The summed E-state index contributed by atoms with van der Waals surface area (Å²) in [6.07, 6.45) is 1.38. The summed E-state index contributed by atoms with van der Waals surface area (Å²) in [5, 5.41) is 5.36. The molecule has 0 aliphatic heterocycles. The Morgan fingerprint density at radius 1 is 1.03 bits per heavy atom. The van der Waals surface area contributed by atoms with Gasteiger partial charge in [0.1, 0.15) is 4.70 Å². The van der Waals surface area contributed by atoms with E-state index in [1.807, 2.05) is 60.0 Å². The van der Waals surface area contributed by atoms with E-state index in [9.17, 15) is 9.59 Å². The molecule has 0 aliphatic carbocycles. The maximum atomic E-state index is 13.2. The second-order valence-corrected chi connectivity index (χ2v) is 9.66. The van der Waals surface area contributed by atoms with E-state index in [4.69, 9.17) is 9.47 Å². The highest BCUT2D eigenvalue weighted by Gasteiger charge is 2.15. The number of nitrogens with one attached hydrogen (secondary N) is 1. The lowest BCUT2D eigenvalue weighted by molar-refractivity contribution is -0.118. The normalized spacial score (nSPS) is 10.9. The molecule has 35 heavy (non-hydrogen) atoms. The van der Waals surface area contributed by atoms with Gasteiger partial charge in [-0.15, -0.1) is 11.3 Å². The van der Waals surface area contributed by atoms with E-state index < -0.39 is 0 Å². The number of methoxy groups -OCH3 is 2. The van der Waals surface area contributed by atoms with E-state index in [2.05, 4.69) is 10.3 Å². The molecule has 0 saturated heterocycles. The van der Waals surface area contributed by atoms with Gasteiger partial charge in [0.2, 0.25) is 5.91 Å². The highest BCUT2D eigenvalue weighted by molar-refractivity contribution is 7.99. The maximum absolute atomic E-state index is 13.2. The number of carbonyl (C=O) groups excluding carboxylic acids is 1. The number of rotatable bonds is 11. The van der Waals surface area contributed by atoms with Gasteiger partial charge in [0.25, 0.3) is 5.56 Å². The van der Waals surface area contributed by atoms with Gasteiger partial charge < -0.3 is 14.8 Å². The lowest BCUT2D eigenvalue weighted by Crippen LogP contribution is -2.28. The van der Waals surface area contributed by atoms with Crippen LogP contribution in [0.4, 0.5) is 0 Å². The molecule has 2 aromatic carbocycles. The molecular formula is C26H27N3O4S2. The Bertz CT molecular complexity index is 1350. The summed E-state index contributed by atoms with van der Waals surface area (Å²) in [5.74, 6) is 1.40. The number of amides is 1. The van der Waals surface area contributed by atoms with Gasteiger partial charge in [-0.25, -0.2) is 4.98 Å². The molecule has 0 spiro atoms. The monoisotopic (exact) mass is 509 g/mol. The number of benzene rings is 2. The van der Waals surface area contributed by atoms with Crippen LogP contribution in [0.3, 0.4) is 0 Å². The molecule has 4 aromatic rings. The van der Waals surface area contributed by atoms with Crippen molar-refractivity contribution in [3.8, 4) is 11.5 Å². The van der Waals surface area contributed by atoms with Crippen LogP contribution in [0.5, 0.6) is 11.5 Å². The minimum atomic E-state index is -0.0861. The number of carbonyl (C=O) groups is 1. The number of fused-ring (bicyclic) bond motifs is 1. The van der Waals surface area contributed by atoms with E-state index in [1.165, 1.54) is 28.7 Å². The van der Waals surface area contributed by atoms with E-state index in [-0.39, 0.29) is 17.2 Å². The summed E-state index contributed by atoms with van der Waals surface area (Å²) < 4.78 is 13.0. The van der Waals surface area contributed by atoms with Crippen molar-refractivity contribution in [2.45, 2.75) is 24.5 Å². The number of thioether (sulfide) groups is 1. The van der Waals surface area contributed by atoms with Crippen LogP contribution in [0.2, 0.25) is 0 Å². The first-order valence-electron chi connectivity index (χ1n) is 11.2. The van der Waals surface area contributed by atoms with Crippen LogP contribution < -0.4 is 20.3 Å². The van der Waals surface area contributed by atoms with Crippen LogP contribution in [-0.2, 0) is 24.2 Å². The molecule has 4 rings (SSSR count). The van der Waals surface area contributed by atoms with Crippen molar-refractivity contribution < 1.29 is 14.3 Å². The van der Waals surface area contributed by atoms with Crippen LogP contribution in [-0.4, -0.2) is 42.0 Å². The molecule has 1 N–H and O–H groups in total. The highest BCUT2D eigenvalue weighted by Crippen LogP contribution is 2.28. The first-order valence-corrected chi connectivity index (χ1v) is 13.1. The molecule has 7 nitrogen and oxygen atoms in total. The van der Waals surface area contributed by atoms with E-state index in [1.54, 1.807) is 18.8 Å². The number of aromatic nitrogens is 2. The first kappa shape index (κ1) is 24.8. The van der Waals surface area contributed by atoms with Gasteiger partial charge in [0.05, 0.1) is 25.5 Å². The molecule has 182 valence electrons. The Hall–Kier alpha value is -3.30. The molecule has 2 heterocycles. The molecule has 0 unspecified atom stereocenters. The number of aryl methyl sites for hydroxylation is 1. The van der Waals surface area contributed by atoms with E-state index in [0.29, 0.717) is 46.4 Å². The SMILES string of the molecule is COc1ccc(CCn2c(SCC(=O)NCCc3ccccc3)nc3ccsc3c2=O)cc1OC. The molecule has 0 saturated carbocycles. The van der Waals surface area contributed by atoms with Crippen molar-refractivity contribution in [1.29, 1.82) is 0 Å². The summed E-state index contributed by atoms with van der Waals surface area (Å²) in [6, 6.07) is 17.6. The summed E-state index contributed by atoms with van der Waals surface area (Å²) in [5.41, 5.74) is 2.76. The van der Waals surface area contributed by atoms with Crippen molar-refractivity contribution in [3.05, 3.63) is 81.5 Å². The highest BCUT2D eigenvalue weighted by atomic mass is 32.2. The van der Waals surface area contributed by atoms with Crippen molar-refractivity contribution in [2.24, 2.45) is 0 Å². The Morgan fingerprint density at radius 2 is 1.83 bits per heavy atom. The third-order valence-corrected chi connectivity index (χ3v) is 7.38. The Kier molecular flexibility index (Phi) is 8.44. The van der Waals surface area contributed by atoms with Crippen molar-refractivity contribution in [2.75, 3.05) is 26.5 Å². The number of thiophene rings is 1. The molecule has 0 bridgehead atoms. The van der Waals surface area contributed by atoms with Gasteiger partial charge in [0.15, 0.2) is 16.7 Å². The van der Waals surface area contributed by atoms with E-state index in [0.717, 1.165) is 12.0 Å². The zero-order chi connectivity index (χ0) is 24.6. The second-order valence-electron chi connectivity index (χ2n) is 7.80. The predicted molar refractivity (Wildman–Crippen MR) is 141 cm³/mol. The van der Waals surface area contributed by atoms with E-state index >= 15 is 0 Å². The molecule has 9 heteroatoms. The predicted octanol–water partition coefficient (Wildman–Crippen LogP) is 4.17. The van der Waals surface area contributed by atoms with Crippen LogP contribution in [0.1, 0.15) is 11.1 Å². The van der Waals surface area contributed by atoms with Gasteiger partial charge in [-0.05, 0) is 47.5 Å². The molecular weight excluding hydrogens is 482 g/mol. The lowest BCUT2D eigenvalue weighted by atomic mass is 10.1. The molecule has 1 amide bonds. The van der Waals surface area contributed by atoms with Crippen LogP contribution in [0, 0.1) is 0 Å². The lowest BCUT2D eigenvalue weighted by Gasteiger charge is -2.13. The summed E-state index contributed by atoms with van der Waals surface area (Å²) in [4.78, 5) is 30.3. The largest absolute Gasteiger partial charge is 0.493 e. The Balaban J connectivity index is 1.44. The number of hydrogen-bond donors (Lipinski definition) is 1. The van der Waals surface area contributed by atoms with Gasteiger partial charge in [-0.2, -0.15) is 0 Å². The first-order chi connectivity index (χ1) is 17.1. The van der Waals surface area contributed by atoms with Crippen LogP contribution in [0.25, 0.3) is 10.2 Å². The van der Waals surface area contributed by atoms with Crippen molar-refractivity contribution >= 4 is 39.2 Å². The smallest absolute Gasteiger partial charge is 0.272 e. The second kappa shape index (κ2) is 11.9. The number of ether oxygens (including phenoxy) is 2. The quantitative estimate of drug-likeness (QED) is 0.241. The Labute approximate surface area is 212 Å². The third kappa shape index (κ3) is 6.23. The zero-order valence-electron chi connectivity index (χ0n) is 19.7. The van der Waals surface area contributed by atoms with Crippen LogP contribution >= 0.6 is 23.1 Å². The van der Waals surface area contributed by atoms with Crippen molar-refractivity contribution in [1.82, 2.24) is 14.9 Å². The molecule has 0 fully saturated rings. The molecule has 0 radical (unpaired) electrons. The minimum absolute atomic E-state index is 0.0857. The maximum Gasteiger partial charge on any atom is 0.272 e. The average molecular weight is 510 g/mol. The number of nitrogens with zero attached hydrogens (tertiary/aromatic N) is 2. The fourth-order valence-corrected chi connectivity index (χ4v) is 5.31. The standard InChI is InChI=1S/C26H27N3O4S2/c1-32-21-9-8-19(16-22(21)33-2)11-14-29-25(31)24-20(12-15-34-24)28-26(29)35-17-23(30)27-13-10-18-6-4-3-5-7-18/h3-9,12,15-16H,10-11,13-14,17H2,1-2H3,(H,27,30). The third-order valence-electron chi connectivity index (χ3n) is 5.51. The number of hydrogen-bond acceptors (Lipinski definition) is 7.